The predicted octanol–water partition coefficient (Wildman–Crippen LogP) is 5.12. The van der Waals surface area contributed by atoms with Crippen molar-refractivity contribution in [2.45, 2.75) is 79.1 Å². The van der Waals surface area contributed by atoms with E-state index < -0.39 is 11.4 Å². The maximum absolute atomic E-state index is 12.9. The number of ketones is 2. The minimum absolute atomic E-state index is 0.0508. The number of carbonyl (C=O) groups is 3. The van der Waals surface area contributed by atoms with Crippen LogP contribution in [0.15, 0.2) is 23.3 Å². The van der Waals surface area contributed by atoms with Crippen LogP contribution in [0.3, 0.4) is 0 Å². The molecule has 3 fully saturated rings. The fourth-order valence-corrected chi connectivity index (χ4v) is 8.10. The van der Waals surface area contributed by atoms with Gasteiger partial charge in [0, 0.05) is 17.3 Å². The van der Waals surface area contributed by atoms with Crippen molar-refractivity contribution in [1.82, 2.24) is 0 Å². The molecule has 0 saturated heterocycles. The Kier molecular flexibility index (Phi) is 4.71. The smallest absolute Gasteiger partial charge is 0.303 e. The van der Waals surface area contributed by atoms with Gasteiger partial charge in [-0.05, 0) is 93.6 Å². The zero-order valence-corrected chi connectivity index (χ0v) is 18.2. The second-order valence-corrected chi connectivity index (χ2v) is 10.6. The van der Waals surface area contributed by atoms with Crippen molar-refractivity contribution >= 4 is 17.5 Å². The number of carboxylic acids is 1. The first-order valence-electron chi connectivity index (χ1n) is 11.2. The number of allylic oxidation sites excluding steroid dienone is 4. The third-order valence-electron chi connectivity index (χ3n) is 9.66. The van der Waals surface area contributed by atoms with E-state index in [0.29, 0.717) is 24.2 Å². The Morgan fingerprint density at radius 1 is 1.14 bits per heavy atom. The van der Waals surface area contributed by atoms with Crippen LogP contribution in [-0.4, -0.2) is 22.6 Å². The molecule has 0 unspecified atom stereocenters. The van der Waals surface area contributed by atoms with Crippen LogP contribution in [0.4, 0.5) is 0 Å². The first-order valence-corrected chi connectivity index (χ1v) is 11.2. The Hall–Kier alpha value is -1.71. The van der Waals surface area contributed by atoms with Crippen molar-refractivity contribution in [2.75, 3.05) is 0 Å². The molecule has 1 N–H and O–H groups in total. The van der Waals surface area contributed by atoms with E-state index in [1.165, 1.54) is 5.57 Å². The zero-order chi connectivity index (χ0) is 21.2. The average molecular weight is 399 g/mol. The summed E-state index contributed by atoms with van der Waals surface area (Å²) in [6.45, 7) is 8.21. The summed E-state index contributed by atoms with van der Waals surface area (Å²) in [7, 11) is 0. The first kappa shape index (κ1) is 20.6. The second kappa shape index (κ2) is 6.65. The Morgan fingerprint density at radius 3 is 2.48 bits per heavy atom. The molecule has 0 aliphatic heterocycles. The molecule has 0 heterocycles. The quantitative estimate of drug-likeness (QED) is 0.713. The van der Waals surface area contributed by atoms with E-state index in [2.05, 4.69) is 19.9 Å². The summed E-state index contributed by atoms with van der Waals surface area (Å²) < 4.78 is 0. The predicted molar refractivity (Wildman–Crippen MR) is 111 cm³/mol. The maximum atomic E-state index is 12.9. The van der Waals surface area contributed by atoms with Gasteiger partial charge < -0.3 is 5.11 Å². The Morgan fingerprint density at radius 2 is 1.83 bits per heavy atom. The van der Waals surface area contributed by atoms with Crippen molar-refractivity contribution in [3.8, 4) is 0 Å². The monoisotopic (exact) mass is 398 g/mol. The van der Waals surface area contributed by atoms with Gasteiger partial charge in [0.25, 0.3) is 0 Å². The molecule has 3 saturated carbocycles. The number of Topliss-reactive ketones (excluding diaryl/α,β-unsaturated/α-hetero) is 1. The summed E-state index contributed by atoms with van der Waals surface area (Å²) in [5.74, 6) is 1.04. The van der Waals surface area contributed by atoms with Crippen molar-refractivity contribution < 1.29 is 19.5 Å². The first-order chi connectivity index (χ1) is 13.5. The topological polar surface area (TPSA) is 71.4 Å². The van der Waals surface area contributed by atoms with Gasteiger partial charge in [-0.15, -0.1) is 0 Å². The summed E-state index contributed by atoms with van der Waals surface area (Å²) in [6.07, 6.45) is 10.6. The summed E-state index contributed by atoms with van der Waals surface area (Å²) >= 11 is 0. The highest BCUT2D eigenvalue weighted by Gasteiger charge is 2.65. The molecule has 0 aromatic heterocycles. The largest absolute Gasteiger partial charge is 0.481 e. The van der Waals surface area contributed by atoms with Crippen LogP contribution in [0.1, 0.15) is 79.1 Å². The minimum Gasteiger partial charge on any atom is -0.481 e. The van der Waals surface area contributed by atoms with Gasteiger partial charge >= 0.3 is 5.97 Å². The highest BCUT2D eigenvalue weighted by molar-refractivity contribution is 6.05. The zero-order valence-electron chi connectivity index (χ0n) is 18.2. The van der Waals surface area contributed by atoms with Crippen molar-refractivity contribution in [2.24, 2.45) is 34.0 Å². The molecular formula is C25H34O4. The van der Waals surface area contributed by atoms with Gasteiger partial charge in [0.2, 0.25) is 0 Å². The summed E-state index contributed by atoms with van der Waals surface area (Å²) in [6, 6.07) is 0. The van der Waals surface area contributed by atoms with Gasteiger partial charge in [-0.25, -0.2) is 0 Å². The molecule has 4 nitrogen and oxygen atoms in total. The lowest BCUT2D eigenvalue weighted by molar-refractivity contribution is -0.145. The van der Waals surface area contributed by atoms with Crippen LogP contribution in [0.2, 0.25) is 0 Å². The molecule has 0 aromatic rings. The maximum Gasteiger partial charge on any atom is 0.303 e. The fourth-order valence-electron chi connectivity index (χ4n) is 8.10. The lowest BCUT2D eigenvalue weighted by Crippen LogP contribution is -2.53. The number of hydrogen-bond donors (Lipinski definition) is 1. The molecule has 0 bridgehead atoms. The van der Waals surface area contributed by atoms with Crippen molar-refractivity contribution in [3.63, 3.8) is 0 Å². The van der Waals surface area contributed by atoms with Gasteiger partial charge in [0.1, 0.15) is 5.78 Å². The second-order valence-electron chi connectivity index (χ2n) is 10.6. The third-order valence-corrected chi connectivity index (χ3v) is 9.66. The number of carbonyl (C=O) groups excluding carboxylic acids is 2. The van der Waals surface area contributed by atoms with E-state index in [9.17, 15) is 19.5 Å². The number of carboxylic acid groups (broad SMARTS) is 1. The van der Waals surface area contributed by atoms with E-state index in [1.807, 2.05) is 13.0 Å². The van der Waals surface area contributed by atoms with Gasteiger partial charge in [0.05, 0.1) is 0 Å². The van der Waals surface area contributed by atoms with Crippen LogP contribution < -0.4 is 0 Å². The lowest BCUT2D eigenvalue weighted by atomic mass is 9.45. The summed E-state index contributed by atoms with van der Waals surface area (Å²) in [5.41, 5.74) is 1.49. The van der Waals surface area contributed by atoms with Crippen LogP contribution in [-0.2, 0) is 14.4 Å². The molecule has 0 amide bonds. The molecule has 4 aliphatic carbocycles. The number of aliphatic carboxylic acids is 1. The van der Waals surface area contributed by atoms with Crippen LogP contribution in [0.5, 0.6) is 0 Å². The Bertz CT molecular complexity index is 836. The standard InChI is InChI=1S/C25H34O4/c1-15-14-23(3)17(13-21(15)27)5-6-18-19(23)7-10-24(4)20(18)8-11-25(24,16(2)26)12-9-22(28)29/h13-14,18-20H,5-12H2,1-4H3,(H,28,29)/t18-,19+,20+,23+,24+,25+/m1/s1. The normalized spacial score (nSPS) is 43.6. The van der Waals surface area contributed by atoms with E-state index in [4.69, 9.17) is 0 Å². The van der Waals surface area contributed by atoms with Gasteiger partial charge in [-0.1, -0.05) is 25.5 Å². The highest BCUT2D eigenvalue weighted by atomic mass is 16.4. The van der Waals surface area contributed by atoms with Gasteiger partial charge in [-0.3, -0.25) is 14.4 Å². The molecule has 29 heavy (non-hydrogen) atoms. The number of rotatable bonds is 4. The van der Waals surface area contributed by atoms with Crippen molar-refractivity contribution in [1.29, 1.82) is 0 Å². The molecular weight excluding hydrogens is 364 g/mol. The minimum atomic E-state index is -0.807. The van der Waals surface area contributed by atoms with Crippen molar-refractivity contribution in [3.05, 3.63) is 23.3 Å². The van der Waals surface area contributed by atoms with Crippen LogP contribution in [0.25, 0.3) is 0 Å². The summed E-state index contributed by atoms with van der Waals surface area (Å²) in [5, 5.41) is 9.30. The van der Waals surface area contributed by atoms with Gasteiger partial charge in [-0.2, -0.15) is 0 Å². The van der Waals surface area contributed by atoms with Crippen LogP contribution >= 0.6 is 0 Å². The SMILES string of the molecule is CC(=O)[C@@]1(CCC(=O)O)CC[C@H]2[C@@H]3CCC4=CC(=O)C(C)=C[C@]4(C)[C@H]3CC[C@@]21C. The number of fused-ring (bicyclic) bond motifs is 5. The third kappa shape index (κ3) is 2.74. The van der Waals surface area contributed by atoms with Crippen LogP contribution in [0, 0.1) is 34.0 Å². The molecule has 158 valence electrons. The fraction of sp³-hybridized carbons (Fsp3) is 0.720. The Labute approximate surface area is 173 Å². The summed E-state index contributed by atoms with van der Waals surface area (Å²) in [4.78, 5) is 36.5. The van der Waals surface area contributed by atoms with E-state index in [0.717, 1.165) is 44.1 Å². The molecule has 6 atom stereocenters. The van der Waals surface area contributed by atoms with E-state index >= 15 is 0 Å². The molecule has 4 heteroatoms. The number of hydrogen-bond acceptors (Lipinski definition) is 3. The van der Waals surface area contributed by atoms with E-state index in [-0.39, 0.29) is 28.8 Å². The highest BCUT2D eigenvalue weighted by Crippen LogP contribution is 2.70. The van der Waals surface area contributed by atoms with E-state index in [1.54, 1.807) is 6.92 Å². The lowest BCUT2D eigenvalue weighted by Gasteiger charge is -2.59. The molecule has 0 aromatic carbocycles. The molecule has 0 radical (unpaired) electrons. The molecule has 4 aliphatic rings. The van der Waals surface area contributed by atoms with Gasteiger partial charge in [0.15, 0.2) is 5.78 Å². The average Bonchev–Trinajstić information content (AvgIpc) is 2.95. The Balaban J connectivity index is 1.69. The molecule has 0 spiro atoms. The molecule has 4 rings (SSSR count).